The van der Waals surface area contributed by atoms with E-state index in [2.05, 4.69) is 10.6 Å². The van der Waals surface area contributed by atoms with Crippen LogP contribution in [0.5, 0.6) is 5.75 Å². The lowest BCUT2D eigenvalue weighted by atomic mass is 9.94. The Morgan fingerprint density at radius 1 is 1.00 bits per heavy atom. The molecular formula is C29H33N3O5. The zero-order valence-corrected chi connectivity index (χ0v) is 21.2. The first kappa shape index (κ1) is 26.0. The molecule has 1 heterocycles. The molecule has 1 aromatic heterocycles. The fraction of sp³-hybridized carbons (Fsp3) is 0.345. The van der Waals surface area contributed by atoms with Crippen molar-refractivity contribution in [3.05, 3.63) is 78.3 Å². The number of carbonyl (C=O) groups excluding carboxylic acids is 3. The molecule has 0 bridgehead atoms. The number of carbonyl (C=O) groups is 3. The van der Waals surface area contributed by atoms with E-state index in [4.69, 9.17) is 9.15 Å². The average Bonchev–Trinajstić information content (AvgIpc) is 3.44. The summed E-state index contributed by atoms with van der Waals surface area (Å²) in [6, 6.07) is 16.4. The third kappa shape index (κ3) is 6.58. The van der Waals surface area contributed by atoms with Gasteiger partial charge >= 0.3 is 0 Å². The molecule has 1 fully saturated rings. The van der Waals surface area contributed by atoms with Gasteiger partial charge in [-0.2, -0.15) is 0 Å². The number of hydrogen-bond donors (Lipinski definition) is 2. The minimum Gasteiger partial charge on any atom is -0.494 e. The van der Waals surface area contributed by atoms with E-state index in [0.717, 1.165) is 25.7 Å². The number of nitrogens with one attached hydrogen (secondary N) is 2. The molecule has 37 heavy (non-hydrogen) atoms. The molecule has 3 aromatic rings. The molecule has 3 amide bonds. The summed E-state index contributed by atoms with van der Waals surface area (Å²) in [5, 5.41) is 5.92. The van der Waals surface area contributed by atoms with Gasteiger partial charge in [0.1, 0.15) is 11.8 Å². The van der Waals surface area contributed by atoms with Gasteiger partial charge in [0.25, 0.3) is 5.91 Å². The molecule has 1 aliphatic rings. The van der Waals surface area contributed by atoms with E-state index in [0.29, 0.717) is 29.3 Å². The highest BCUT2D eigenvalue weighted by molar-refractivity contribution is 6.08. The molecule has 1 saturated carbocycles. The van der Waals surface area contributed by atoms with Gasteiger partial charge in [0.05, 0.1) is 12.9 Å². The summed E-state index contributed by atoms with van der Waals surface area (Å²) in [6.45, 7) is 3.86. The summed E-state index contributed by atoms with van der Waals surface area (Å²) in [7, 11) is 0. The van der Waals surface area contributed by atoms with Crippen LogP contribution < -0.4 is 20.3 Å². The number of benzene rings is 2. The van der Waals surface area contributed by atoms with Crippen molar-refractivity contribution < 1.29 is 23.5 Å². The van der Waals surface area contributed by atoms with Crippen LogP contribution in [0.25, 0.3) is 0 Å². The fourth-order valence-electron chi connectivity index (χ4n) is 4.67. The number of amides is 3. The van der Waals surface area contributed by atoms with Gasteiger partial charge in [-0.05, 0) is 73.9 Å². The van der Waals surface area contributed by atoms with Gasteiger partial charge in [0.2, 0.25) is 11.8 Å². The van der Waals surface area contributed by atoms with Crippen LogP contribution in [-0.4, -0.2) is 30.4 Å². The van der Waals surface area contributed by atoms with E-state index in [1.165, 1.54) is 24.5 Å². The fourth-order valence-corrected chi connectivity index (χ4v) is 4.67. The second-order valence-electron chi connectivity index (χ2n) is 9.13. The average molecular weight is 504 g/mol. The minimum atomic E-state index is -0.957. The van der Waals surface area contributed by atoms with Gasteiger partial charge in [0, 0.05) is 24.3 Å². The first-order valence-electron chi connectivity index (χ1n) is 12.7. The molecule has 0 saturated heterocycles. The first-order chi connectivity index (χ1) is 18.0. The maximum Gasteiger partial charge on any atom is 0.294 e. The Morgan fingerprint density at radius 2 is 1.70 bits per heavy atom. The Kier molecular flexibility index (Phi) is 8.61. The van der Waals surface area contributed by atoms with Crippen LogP contribution >= 0.6 is 0 Å². The monoisotopic (exact) mass is 503 g/mol. The van der Waals surface area contributed by atoms with Crippen LogP contribution in [0.4, 0.5) is 11.4 Å². The highest BCUT2D eigenvalue weighted by Crippen LogP contribution is 2.32. The van der Waals surface area contributed by atoms with Crippen molar-refractivity contribution in [3.63, 3.8) is 0 Å². The molecule has 8 heteroatoms. The topological polar surface area (TPSA) is 101 Å². The molecule has 8 nitrogen and oxygen atoms in total. The minimum absolute atomic E-state index is 0.0640. The Labute approximate surface area is 217 Å². The molecule has 1 atom stereocenters. The van der Waals surface area contributed by atoms with E-state index in [-0.39, 0.29) is 23.6 Å². The van der Waals surface area contributed by atoms with E-state index in [9.17, 15) is 14.4 Å². The van der Waals surface area contributed by atoms with Gasteiger partial charge in [-0.3, -0.25) is 19.3 Å². The van der Waals surface area contributed by atoms with Crippen molar-refractivity contribution in [1.29, 1.82) is 0 Å². The lowest BCUT2D eigenvalue weighted by Crippen LogP contribution is -2.47. The summed E-state index contributed by atoms with van der Waals surface area (Å²) in [5.41, 5.74) is 1.72. The molecule has 0 spiro atoms. The predicted molar refractivity (Wildman–Crippen MR) is 142 cm³/mol. The van der Waals surface area contributed by atoms with Crippen LogP contribution in [0, 0.1) is 0 Å². The largest absolute Gasteiger partial charge is 0.494 e. The molecule has 194 valence electrons. The summed E-state index contributed by atoms with van der Waals surface area (Å²) < 4.78 is 11.0. The maximum atomic E-state index is 13.9. The summed E-state index contributed by atoms with van der Waals surface area (Å²) in [6.07, 6.45) is 6.56. The number of furan rings is 1. The van der Waals surface area contributed by atoms with Crippen LogP contribution in [0.3, 0.4) is 0 Å². The third-order valence-corrected chi connectivity index (χ3v) is 6.38. The standard InChI is InChI=1S/C29H33N3O5/c1-3-36-25-17-11-21(12-18-25)27(28(34)31-22-8-5-4-6-9-22)32(29(35)26-10-7-19-37-26)24-15-13-23(14-16-24)30-20(2)33/h7,10-19,22,27H,3-6,8-9H2,1-2H3,(H,30,33)(H,31,34)/t27-/m1/s1. The lowest BCUT2D eigenvalue weighted by Gasteiger charge is -2.33. The Hall–Kier alpha value is -4.07. The smallest absolute Gasteiger partial charge is 0.294 e. The van der Waals surface area contributed by atoms with Crippen LogP contribution in [-0.2, 0) is 9.59 Å². The van der Waals surface area contributed by atoms with Crippen LogP contribution in [0.15, 0.2) is 71.3 Å². The van der Waals surface area contributed by atoms with Gasteiger partial charge < -0.3 is 19.8 Å². The number of hydrogen-bond acceptors (Lipinski definition) is 5. The van der Waals surface area contributed by atoms with Crippen LogP contribution in [0.1, 0.15) is 68.1 Å². The van der Waals surface area contributed by atoms with Crippen molar-refractivity contribution in [2.45, 2.75) is 58.0 Å². The molecular weight excluding hydrogens is 470 g/mol. The Morgan fingerprint density at radius 3 is 2.30 bits per heavy atom. The summed E-state index contributed by atoms with van der Waals surface area (Å²) in [4.78, 5) is 40.6. The second-order valence-corrected chi connectivity index (χ2v) is 9.13. The van der Waals surface area contributed by atoms with E-state index in [1.54, 1.807) is 48.5 Å². The van der Waals surface area contributed by atoms with E-state index in [1.807, 2.05) is 19.1 Å². The number of anilines is 2. The molecule has 1 aliphatic carbocycles. The van der Waals surface area contributed by atoms with Crippen molar-refractivity contribution >= 4 is 29.1 Å². The molecule has 0 radical (unpaired) electrons. The zero-order chi connectivity index (χ0) is 26.2. The summed E-state index contributed by atoms with van der Waals surface area (Å²) >= 11 is 0. The molecule has 0 unspecified atom stereocenters. The highest BCUT2D eigenvalue weighted by atomic mass is 16.5. The predicted octanol–water partition coefficient (Wildman–Crippen LogP) is 5.47. The number of ether oxygens (including phenoxy) is 1. The van der Waals surface area contributed by atoms with Gasteiger partial charge in [-0.25, -0.2) is 0 Å². The van der Waals surface area contributed by atoms with E-state index >= 15 is 0 Å². The van der Waals surface area contributed by atoms with Gasteiger partial charge in [-0.1, -0.05) is 31.4 Å². The number of nitrogens with zero attached hydrogens (tertiary/aromatic N) is 1. The first-order valence-corrected chi connectivity index (χ1v) is 12.7. The highest BCUT2D eigenvalue weighted by Gasteiger charge is 2.35. The van der Waals surface area contributed by atoms with Crippen molar-refractivity contribution in [2.24, 2.45) is 0 Å². The van der Waals surface area contributed by atoms with Crippen molar-refractivity contribution in [3.8, 4) is 5.75 Å². The van der Waals surface area contributed by atoms with Crippen molar-refractivity contribution in [1.82, 2.24) is 5.32 Å². The van der Waals surface area contributed by atoms with E-state index < -0.39 is 11.9 Å². The molecule has 0 aliphatic heterocycles. The van der Waals surface area contributed by atoms with Crippen LogP contribution in [0.2, 0.25) is 0 Å². The third-order valence-electron chi connectivity index (χ3n) is 6.38. The van der Waals surface area contributed by atoms with Crippen molar-refractivity contribution in [2.75, 3.05) is 16.8 Å². The summed E-state index contributed by atoms with van der Waals surface area (Å²) in [5.74, 6) is -0.110. The molecule has 2 aromatic carbocycles. The normalized spacial score (nSPS) is 14.4. The molecule has 2 N–H and O–H groups in total. The second kappa shape index (κ2) is 12.3. The SMILES string of the molecule is CCOc1ccc([C@H](C(=O)NC2CCCCC2)N(C(=O)c2ccco2)c2ccc(NC(C)=O)cc2)cc1. The Bertz CT molecular complexity index is 1180. The number of rotatable bonds is 9. The maximum absolute atomic E-state index is 13.9. The Balaban J connectivity index is 1.76. The zero-order valence-electron chi connectivity index (χ0n) is 21.2. The van der Waals surface area contributed by atoms with Gasteiger partial charge in [-0.15, -0.1) is 0 Å². The lowest BCUT2D eigenvalue weighted by molar-refractivity contribution is -0.123. The quantitative estimate of drug-likeness (QED) is 0.403. The molecule has 4 rings (SSSR count). The van der Waals surface area contributed by atoms with Gasteiger partial charge in [0.15, 0.2) is 5.76 Å².